The van der Waals surface area contributed by atoms with Crippen LogP contribution in [0.2, 0.25) is 0 Å². The zero-order valence-electron chi connectivity index (χ0n) is 15.0. The summed E-state index contributed by atoms with van der Waals surface area (Å²) in [5, 5.41) is 15.0. The molecule has 0 amide bonds. The van der Waals surface area contributed by atoms with Crippen LogP contribution in [-0.4, -0.2) is 27.9 Å². The van der Waals surface area contributed by atoms with Gasteiger partial charge in [0.25, 0.3) is 5.65 Å². The van der Waals surface area contributed by atoms with Crippen molar-refractivity contribution in [1.82, 2.24) is 9.61 Å². The Morgan fingerprint density at radius 2 is 2.26 bits per heavy atom. The molecule has 3 aromatic rings. The van der Waals surface area contributed by atoms with Gasteiger partial charge in [-0.2, -0.15) is 5.26 Å². The number of thioether (sulfide) groups is 1. The molecule has 0 unspecified atom stereocenters. The number of aryl methyl sites for hydroxylation is 1. The molecule has 0 spiro atoms. The molecular formula is C17H18IN5O3S. The minimum Gasteiger partial charge on any atom is -1.00 e. The largest absolute Gasteiger partial charge is 1.00 e. The number of ether oxygens (including phenoxy) is 1. The van der Waals surface area contributed by atoms with E-state index in [0.29, 0.717) is 22.1 Å². The maximum Gasteiger partial charge on any atom is 0.344 e. The van der Waals surface area contributed by atoms with Gasteiger partial charge >= 0.3 is 11.1 Å². The number of hydrogen-bond acceptors (Lipinski definition) is 7. The molecule has 0 fully saturated rings. The first-order chi connectivity index (χ1) is 12.5. The van der Waals surface area contributed by atoms with Gasteiger partial charge in [0, 0.05) is 5.75 Å². The lowest BCUT2D eigenvalue weighted by atomic mass is 10.0. The Labute approximate surface area is 177 Å². The average molecular weight is 499 g/mol. The molecule has 3 rings (SSSR count). The molecule has 0 radical (unpaired) electrons. The van der Waals surface area contributed by atoms with E-state index in [2.05, 4.69) is 11.2 Å². The molecule has 8 nitrogen and oxygen atoms in total. The maximum atomic E-state index is 12.6. The van der Waals surface area contributed by atoms with E-state index in [0.717, 1.165) is 5.75 Å². The third-order valence-electron chi connectivity index (χ3n) is 3.83. The van der Waals surface area contributed by atoms with Crippen molar-refractivity contribution < 1.29 is 42.5 Å². The Kier molecular flexibility index (Phi) is 6.72. The number of hydrogen-bond donors (Lipinski definition) is 1. The lowest BCUT2D eigenvalue weighted by molar-refractivity contribution is -0.684. The van der Waals surface area contributed by atoms with E-state index in [4.69, 9.17) is 14.9 Å². The SMILES string of the molecule is CCOC(=O)c1c(-c2ccco2)c(C#N)c2n(nc(SCC)[n+]2C)c1N.[I-]. The summed E-state index contributed by atoms with van der Waals surface area (Å²) in [6.07, 6.45) is 1.47. The fraction of sp³-hybridized carbons (Fsp3) is 0.294. The summed E-state index contributed by atoms with van der Waals surface area (Å²) in [5.74, 6) is 0.639. The molecule has 142 valence electrons. The monoisotopic (exact) mass is 499 g/mol. The van der Waals surface area contributed by atoms with E-state index in [1.165, 1.54) is 22.5 Å². The van der Waals surface area contributed by atoms with Gasteiger partial charge in [-0.1, -0.05) is 11.4 Å². The summed E-state index contributed by atoms with van der Waals surface area (Å²) in [7, 11) is 1.80. The van der Waals surface area contributed by atoms with E-state index in [-0.39, 0.29) is 47.5 Å². The van der Waals surface area contributed by atoms with Gasteiger partial charge in [0.15, 0.2) is 0 Å². The molecule has 0 aliphatic heterocycles. The zero-order valence-corrected chi connectivity index (χ0v) is 18.0. The van der Waals surface area contributed by atoms with E-state index >= 15 is 0 Å². The minimum atomic E-state index is -0.627. The van der Waals surface area contributed by atoms with Crippen LogP contribution >= 0.6 is 11.8 Å². The fourth-order valence-corrected chi connectivity index (χ4v) is 3.46. The second-order valence-electron chi connectivity index (χ2n) is 5.33. The molecule has 0 bridgehead atoms. The summed E-state index contributed by atoms with van der Waals surface area (Å²) in [6.45, 7) is 3.88. The molecule has 0 atom stereocenters. The van der Waals surface area contributed by atoms with E-state index < -0.39 is 5.97 Å². The van der Waals surface area contributed by atoms with E-state index in [1.807, 2.05) is 6.92 Å². The summed E-state index contributed by atoms with van der Waals surface area (Å²) < 4.78 is 13.8. The van der Waals surface area contributed by atoms with Crippen LogP contribution in [0.4, 0.5) is 5.82 Å². The average Bonchev–Trinajstić information content (AvgIpc) is 3.25. The van der Waals surface area contributed by atoms with Gasteiger partial charge in [0.05, 0.1) is 30.6 Å². The highest BCUT2D eigenvalue weighted by molar-refractivity contribution is 7.99. The molecule has 2 N–H and O–H groups in total. The van der Waals surface area contributed by atoms with Crippen molar-refractivity contribution in [2.75, 3.05) is 18.1 Å². The number of carbonyl (C=O) groups is 1. The Bertz CT molecular complexity index is 1020. The summed E-state index contributed by atoms with van der Waals surface area (Å²) in [6, 6.07) is 5.53. The second kappa shape index (κ2) is 8.62. The first-order valence-corrected chi connectivity index (χ1v) is 9.01. The van der Waals surface area contributed by atoms with Crippen LogP contribution in [0.15, 0.2) is 28.0 Å². The molecule has 3 aromatic heterocycles. The zero-order chi connectivity index (χ0) is 18.8. The van der Waals surface area contributed by atoms with E-state index in [1.54, 1.807) is 30.7 Å². The number of halogens is 1. The number of anilines is 1. The second-order valence-corrected chi connectivity index (χ2v) is 6.56. The quantitative estimate of drug-likeness (QED) is 0.211. The Morgan fingerprint density at radius 3 is 2.81 bits per heavy atom. The van der Waals surface area contributed by atoms with Crippen LogP contribution < -0.4 is 34.3 Å². The highest BCUT2D eigenvalue weighted by Crippen LogP contribution is 2.34. The van der Waals surface area contributed by atoms with Crippen molar-refractivity contribution in [3.8, 4) is 17.4 Å². The van der Waals surface area contributed by atoms with Crippen molar-refractivity contribution >= 4 is 29.2 Å². The van der Waals surface area contributed by atoms with Crippen molar-refractivity contribution in [3.63, 3.8) is 0 Å². The number of nitriles is 1. The number of nitrogens with two attached hydrogens (primary N) is 1. The Balaban J connectivity index is 0.00000261. The third kappa shape index (κ3) is 3.49. The van der Waals surface area contributed by atoms with Gasteiger partial charge < -0.3 is 38.9 Å². The Morgan fingerprint density at radius 1 is 1.52 bits per heavy atom. The summed E-state index contributed by atoms with van der Waals surface area (Å²) >= 11 is 1.51. The molecule has 3 heterocycles. The van der Waals surface area contributed by atoms with Crippen LogP contribution in [0.3, 0.4) is 0 Å². The lowest BCUT2D eigenvalue weighted by Crippen LogP contribution is -3.00. The molecule has 10 heteroatoms. The molecular weight excluding hydrogens is 481 g/mol. The number of carbonyl (C=O) groups excluding carboxylic acids is 1. The standard InChI is InChI=1S/C17H17N5O3S.HI/c1-4-24-16(23)13-12(11-7-6-8-25-11)10(9-18)15-21(3)17(26-5-2)20-22(15)14(13)19;/h6-8,19H,4-5H2,1-3H3;1H. The van der Waals surface area contributed by atoms with Crippen LogP contribution in [0.5, 0.6) is 0 Å². The number of nitrogens with zero attached hydrogens (tertiary/aromatic N) is 4. The van der Waals surface area contributed by atoms with Crippen molar-refractivity contribution in [3.05, 3.63) is 29.5 Å². The number of aromatic nitrogens is 3. The topological polar surface area (TPSA) is 110 Å². The molecule has 27 heavy (non-hydrogen) atoms. The molecule has 0 aliphatic rings. The molecule has 0 aromatic carbocycles. The van der Waals surface area contributed by atoms with Crippen LogP contribution in [-0.2, 0) is 11.8 Å². The van der Waals surface area contributed by atoms with E-state index in [9.17, 15) is 10.1 Å². The molecule has 0 saturated carbocycles. The van der Waals surface area contributed by atoms with Crippen LogP contribution in [0.1, 0.15) is 29.8 Å². The van der Waals surface area contributed by atoms with Gasteiger partial charge in [0.2, 0.25) is 5.82 Å². The summed E-state index contributed by atoms with van der Waals surface area (Å²) in [4.78, 5) is 12.6. The fourth-order valence-electron chi connectivity index (χ4n) is 2.78. The van der Waals surface area contributed by atoms with Gasteiger partial charge in [0.1, 0.15) is 23.0 Å². The predicted octanol–water partition coefficient (Wildman–Crippen LogP) is -0.835. The van der Waals surface area contributed by atoms with Gasteiger partial charge in [-0.05, 0) is 30.8 Å². The highest BCUT2D eigenvalue weighted by Gasteiger charge is 2.34. The number of fused-ring (bicyclic) bond motifs is 1. The number of nitrogen functional groups attached to an aromatic ring is 1. The van der Waals surface area contributed by atoms with Gasteiger partial charge in [-0.25, -0.2) is 9.36 Å². The number of esters is 1. The van der Waals surface area contributed by atoms with Crippen LogP contribution in [0.25, 0.3) is 17.0 Å². The van der Waals surface area contributed by atoms with Gasteiger partial charge in [-0.3, -0.25) is 0 Å². The number of pyridine rings is 1. The maximum absolute atomic E-state index is 12.6. The minimum absolute atomic E-state index is 0. The lowest BCUT2D eigenvalue weighted by Gasteiger charge is -2.10. The van der Waals surface area contributed by atoms with Crippen molar-refractivity contribution in [2.45, 2.75) is 19.0 Å². The van der Waals surface area contributed by atoms with Crippen LogP contribution in [0, 0.1) is 11.3 Å². The molecule has 0 saturated heterocycles. The smallest absolute Gasteiger partial charge is 0.344 e. The predicted molar refractivity (Wildman–Crippen MR) is 95.6 cm³/mol. The third-order valence-corrected chi connectivity index (χ3v) is 4.73. The first kappa shape index (κ1) is 21.0. The number of rotatable bonds is 5. The number of furan rings is 1. The van der Waals surface area contributed by atoms with Gasteiger partial charge in [-0.15, -0.1) is 0 Å². The van der Waals surface area contributed by atoms with Crippen molar-refractivity contribution in [1.29, 1.82) is 5.26 Å². The molecule has 0 aliphatic carbocycles. The summed E-state index contributed by atoms with van der Waals surface area (Å²) in [5.41, 5.74) is 7.40. The Hall–Kier alpha value is -2.26. The van der Waals surface area contributed by atoms with Crippen molar-refractivity contribution in [2.24, 2.45) is 7.05 Å². The normalized spacial score (nSPS) is 10.4. The highest BCUT2D eigenvalue weighted by atomic mass is 127. The first-order valence-electron chi connectivity index (χ1n) is 8.03.